The van der Waals surface area contributed by atoms with Gasteiger partial charge in [0.1, 0.15) is 0 Å². The van der Waals surface area contributed by atoms with Crippen LogP contribution in [0.3, 0.4) is 0 Å². The zero-order valence-electron chi connectivity index (χ0n) is 10.6. The number of amides is 1. The van der Waals surface area contributed by atoms with E-state index in [1.54, 1.807) is 0 Å². The van der Waals surface area contributed by atoms with Crippen LogP contribution in [0.5, 0.6) is 0 Å². The highest BCUT2D eigenvalue weighted by Gasteiger charge is 2.20. The lowest BCUT2D eigenvalue weighted by Crippen LogP contribution is -2.41. The smallest absolute Gasteiger partial charge is 0.236 e. The van der Waals surface area contributed by atoms with E-state index in [4.69, 9.17) is 5.73 Å². The van der Waals surface area contributed by atoms with Gasteiger partial charge in [-0.05, 0) is 31.8 Å². The van der Waals surface area contributed by atoms with E-state index in [1.165, 1.54) is 0 Å². The molecule has 1 heterocycles. The molecule has 0 radical (unpaired) electrons. The Morgan fingerprint density at radius 3 is 2.56 bits per heavy atom. The molecule has 0 aromatic heterocycles. The molecule has 0 bridgehead atoms. The van der Waals surface area contributed by atoms with E-state index in [1.807, 2.05) is 4.90 Å². The van der Waals surface area contributed by atoms with Gasteiger partial charge in [-0.15, -0.1) is 0 Å². The molecule has 1 fully saturated rings. The topological polar surface area (TPSA) is 49.6 Å². The SMILES string of the molecule is CCN(CC(=O)N1CCCC1)CC(C)CN. The Hall–Kier alpha value is -0.610. The molecule has 0 aliphatic carbocycles. The van der Waals surface area contributed by atoms with Crippen LogP contribution in [0.15, 0.2) is 0 Å². The fourth-order valence-electron chi connectivity index (χ4n) is 2.08. The van der Waals surface area contributed by atoms with E-state index in [0.29, 0.717) is 19.0 Å². The average Bonchev–Trinajstić information content (AvgIpc) is 2.81. The number of nitrogens with two attached hydrogens (primary N) is 1. The summed E-state index contributed by atoms with van der Waals surface area (Å²) < 4.78 is 0. The van der Waals surface area contributed by atoms with Gasteiger partial charge >= 0.3 is 0 Å². The van der Waals surface area contributed by atoms with E-state index in [0.717, 1.165) is 39.0 Å². The summed E-state index contributed by atoms with van der Waals surface area (Å²) in [6.45, 7) is 9.21. The molecule has 1 unspecified atom stereocenters. The first-order chi connectivity index (χ1) is 7.67. The number of nitrogens with zero attached hydrogens (tertiary/aromatic N) is 2. The molecule has 1 saturated heterocycles. The molecule has 0 saturated carbocycles. The van der Waals surface area contributed by atoms with Crippen LogP contribution >= 0.6 is 0 Å². The van der Waals surface area contributed by atoms with Crippen LogP contribution in [-0.4, -0.2) is 55.0 Å². The van der Waals surface area contributed by atoms with Crippen molar-refractivity contribution in [3.05, 3.63) is 0 Å². The zero-order chi connectivity index (χ0) is 12.0. The van der Waals surface area contributed by atoms with Crippen LogP contribution in [0, 0.1) is 5.92 Å². The van der Waals surface area contributed by atoms with Crippen LogP contribution in [0.1, 0.15) is 26.7 Å². The Morgan fingerprint density at radius 1 is 1.44 bits per heavy atom. The van der Waals surface area contributed by atoms with Crippen LogP contribution < -0.4 is 5.73 Å². The van der Waals surface area contributed by atoms with Gasteiger partial charge in [0, 0.05) is 19.6 Å². The third-order valence-electron chi connectivity index (χ3n) is 3.24. The molecular formula is C12H25N3O. The van der Waals surface area contributed by atoms with Gasteiger partial charge in [-0.2, -0.15) is 0 Å². The van der Waals surface area contributed by atoms with Gasteiger partial charge in [-0.3, -0.25) is 9.69 Å². The van der Waals surface area contributed by atoms with Crippen molar-refractivity contribution in [2.45, 2.75) is 26.7 Å². The molecule has 4 heteroatoms. The second-order valence-electron chi connectivity index (χ2n) is 4.76. The highest BCUT2D eigenvalue weighted by Crippen LogP contribution is 2.08. The Labute approximate surface area is 98.8 Å². The second-order valence-corrected chi connectivity index (χ2v) is 4.76. The normalized spacial score (nSPS) is 18.1. The minimum absolute atomic E-state index is 0.281. The van der Waals surface area contributed by atoms with Crippen LogP contribution in [0.25, 0.3) is 0 Å². The highest BCUT2D eigenvalue weighted by atomic mass is 16.2. The third kappa shape index (κ3) is 4.10. The van der Waals surface area contributed by atoms with E-state index >= 15 is 0 Å². The number of hydrogen-bond acceptors (Lipinski definition) is 3. The number of carbonyl (C=O) groups excluding carboxylic acids is 1. The van der Waals surface area contributed by atoms with Crippen molar-refractivity contribution < 1.29 is 4.79 Å². The predicted molar refractivity (Wildman–Crippen MR) is 66.1 cm³/mol. The van der Waals surface area contributed by atoms with Gasteiger partial charge in [-0.25, -0.2) is 0 Å². The second kappa shape index (κ2) is 6.86. The Kier molecular flexibility index (Phi) is 5.77. The molecule has 1 amide bonds. The quantitative estimate of drug-likeness (QED) is 0.720. The lowest BCUT2D eigenvalue weighted by atomic mass is 10.1. The lowest BCUT2D eigenvalue weighted by Gasteiger charge is -2.25. The van der Waals surface area contributed by atoms with Crippen molar-refractivity contribution in [1.82, 2.24) is 9.80 Å². The van der Waals surface area contributed by atoms with Crippen molar-refractivity contribution in [3.63, 3.8) is 0 Å². The molecule has 0 aromatic carbocycles. The van der Waals surface area contributed by atoms with Gasteiger partial charge in [0.2, 0.25) is 5.91 Å². The predicted octanol–water partition coefficient (Wildman–Crippen LogP) is 0.526. The summed E-state index contributed by atoms with van der Waals surface area (Å²) in [7, 11) is 0. The molecule has 0 aromatic rings. The first-order valence-electron chi connectivity index (χ1n) is 6.37. The molecule has 1 atom stereocenters. The van der Waals surface area contributed by atoms with Crippen LogP contribution in [-0.2, 0) is 4.79 Å². The number of rotatable bonds is 6. The van der Waals surface area contributed by atoms with Crippen molar-refractivity contribution in [3.8, 4) is 0 Å². The van der Waals surface area contributed by atoms with Crippen molar-refractivity contribution in [1.29, 1.82) is 0 Å². The first kappa shape index (κ1) is 13.5. The highest BCUT2D eigenvalue weighted by molar-refractivity contribution is 5.78. The van der Waals surface area contributed by atoms with Gasteiger partial charge in [0.05, 0.1) is 6.54 Å². The number of hydrogen-bond donors (Lipinski definition) is 1. The fourth-order valence-corrected chi connectivity index (χ4v) is 2.08. The van der Waals surface area contributed by atoms with E-state index in [9.17, 15) is 4.79 Å². The maximum absolute atomic E-state index is 11.9. The Morgan fingerprint density at radius 2 is 2.06 bits per heavy atom. The maximum Gasteiger partial charge on any atom is 0.236 e. The molecule has 1 rings (SSSR count). The number of carbonyl (C=O) groups is 1. The van der Waals surface area contributed by atoms with Gasteiger partial charge in [0.25, 0.3) is 0 Å². The first-order valence-corrected chi connectivity index (χ1v) is 6.37. The molecule has 94 valence electrons. The Bertz CT molecular complexity index is 214. The minimum Gasteiger partial charge on any atom is -0.342 e. The summed E-state index contributed by atoms with van der Waals surface area (Å²) in [4.78, 5) is 16.1. The fraction of sp³-hybridized carbons (Fsp3) is 0.917. The van der Waals surface area contributed by atoms with Gasteiger partial charge in [0.15, 0.2) is 0 Å². The van der Waals surface area contributed by atoms with Crippen LogP contribution in [0.4, 0.5) is 0 Å². The molecular weight excluding hydrogens is 202 g/mol. The van der Waals surface area contributed by atoms with Gasteiger partial charge in [-0.1, -0.05) is 13.8 Å². The van der Waals surface area contributed by atoms with Crippen molar-refractivity contribution >= 4 is 5.91 Å². The summed E-state index contributed by atoms with van der Waals surface area (Å²) in [6.07, 6.45) is 2.33. The average molecular weight is 227 g/mol. The van der Waals surface area contributed by atoms with Crippen molar-refractivity contribution in [2.75, 3.05) is 39.3 Å². The molecule has 1 aliphatic rings. The summed E-state index contributed by atoms with van der Waals surface area (Å²) in [5, 5.41) is 0. The standard InChI is InChI=1S/C12H25N3O/c1-3-14(9-11(2)8-13)10-12(16)15-6-4-5-7-15/h11H,3-10,13H2,1-2H3. The Balaban J connectivity index is 2.33. The van der Waals surface area contributed by atoms with E-state index in [2.05, 4.69) is 18.7 Å². The van der Waals surface area contributed by atoms with Gasteiger partial charge < -0.3 is 10.6 Å². The monoisotopic (exact) mass is 227 g/mol. The lowest BCUT2D eigenvalue weighted by molar-refractivity contribution is -0.131. The summed E-state index contributed by atoms with van der Waals surface area (Å²) in [5.41, 5.74) is 5.61. The van der Waals surface area contributed by atoms with E-state index in [-0.39, 0.29) is 5.91 Å². The van der Waals surface area contributed by atoms with Crippen molar-refractivity contribution in [2.24, 2.45) is 11.7 Å². The summed E-state index contributed by atoms with van der Waals surface area (Å²) in [5.74, 6) is 0.745. The zero-order valence-corrected chi connectivity index (χ0v) is 10.6. The number of likely N-dealkylation sites (tertiary alicyclic amines) is 1. The van der Waals surface area contributed by atoms with E-state index < -0.39 is 0 Å². The summed E-state index contributed by atoms with van der Waals surface area (Å²) in [6, 6.07) is 0. The minimum atomic E-state index is 0.281. The molecule has 1 aliphatic heterocycles. The molecule has 16 heavy (non-hydrogen) atoms. The largest absolute Gasteiger partial charge is 0.342 e. The molecule has 4 nitrogen and oxygen atoms in total. The maximum atomic E-state index is 11.9. The third-order valence-corrected chi connectivity index (χ3v) is 3.24. The van der Waals surface area contributed by atoms with Crippen LogP contribution in [0.2, 0.25) is 0 Å². The molecule has 2 N–H and O–H groups in total. The molecule has 0 spiro atoms. The number of likely N-dealkylation sites (N-methyl/N-ethyl adjacent to an activating group) is 1. The summed E-state index contributed by atoms with van der Waals surface area (Å²) >= 11 is 0.